The van der Waals surface area contributed by atoms with Gasteiger partial charge in [0.15, 0.2) is 5.58 Å². The zero-order valence-electron chi connectivity index (χ0n) is 12.5. The number of aromatic amines is 1. The van der Waals surface area contributed by atoms with Gasteiger partial charge in [-0.25, -0.2) is 4.79 Å². The van der Waals surface area contributed by atoms with Crippen molar-refractivity contribution < 1.29 is 8.83 Å². The molecule has 0 aliphatic carbocycles. The van der Waals surface area contributed by atoms with Crippen LogP contribution in [-0.4, -0.2) is 12.0 Å². The summed E-state index contributed by atoms with van der Waals surface area (Å²) >= 11 is 0. The van der Waals surface area contributed by atoms with Crippen LogP contribution in [0, 0.1) is 20.8 Å². The first-order valence-corrected chi connectivity index (χ1v) is 6.87. The summed E-state index contributed by atoms with van der Waals surface area (Å²) in [7, 11) is 1.91. The van der Waals surface area contributed by atoms with E-state index in [1.807, 2.05) is 39.1 Å². The van der Waals surface area contributed by atoms with Crippen molar-refractivity contribution in [3.8, 4) is 0 Å². The topological polar surface area (TPSA) is 71.2 Å². The molecule has 0 amide bonds. The molecule has 0 bridgehead atoms. The number of fused-ring (bicyclic) bond motifs is 1. The van der Waals surface area contributed by atoms with E-state index in [1.165, 1.54) is 0 Å². The van der Waals surface area contributed by atoms with Gasteiger partial charge in [-0.1, -0.05) is 6.07 Å². The lowest BCUT2D eigenvalue weighted by Gasteiger charge is -2.17. The quantitative estimate of drug-likeness (QED) is 0.776. The Morgan fingerprint density at radius 2 is 1.90 bits per heavy atom. The van der Waals surface area contributed by atoms with E-state index in [2.05, 4.69) is 17.2 Å². The molecule has 1 aromatic carbocycles. The maximum Gasteiger partial charge on any atom is 0.417 e. The third-order valence-corrected chi connectivity index (χ3v) is 3.97. The van der Waals surface area contributed by atoms with Crippen LogP contribution >= 0.6 is 0 Å². The smallest absolute Gasteiger partial charge is 0.417 e. The van der Waals surface area contributed by atoms with Gasteiger partial charge in [-0.05, 0) is 51.1 Å². The van der Waals surface area contributed by atoms with Crippen molar-refractivity contribution in [2.45, 2.75) is 26.8 Å². The summed E-state index contributed by atoms with van der Waals surface area (Å²) in [5.74, 6) is 1.40. The molecule has 5 heteroatoms. The molecular weight excluding hydrogens is 268 g/mol. The Morgan fingerprint density at radius 3 is 2.52 bits per heavy atom. The number of hydrogen-bond acceptors (Lipinski definition) is 4. The molecule has 1 atom stereocenters. The first-order chi connectivity index (χ1) is 10.0. The maximum absolute atomic E-state index is 11.3. The van der Waals surface area contributed by atoms with Crippen molar-refractivity contribution in [1.82, 2.24) is 10.3 Å². The number of H-pyrrole nitrogens is 1. The minimum atomic E-state index is -0.435. The van der Waals surface area contributed by atoms with Crippen LogP contribution in [0.5, 0.6) is 0 Å². The lowest BCUT2D eigenvalue weighted by molar-refractivity contribution is 0.495. The highest BCUT2D eigenvalue weighted by Crippen LogP contribution is 2.32. The summed E-state index contributed by atoms with van der Waals surface area (Å²) in [5, 5.41) is 3.31. The van der Waals surface area contributed by atoms with Crippen LogP contribution in [0.4, 0.5) is 0 Å². The summed E-state index contributed by atoms with van der Waals surface area (Å²) in [6.07, 6.45) is 0. The molecule has 2 aromatic heterocycles. The summed E-state index contributed by atoms with van der Waals surface area (Å²) < 4.78 is 10.9. The fourth-order valence-corrected chi connectivity index (χ4v) is 2.85. The molecule has 3 rings (SSSR count). The van der Waals surface area contributed by atoms with E-state index in [4.69, 9.17) is 8.83 Å². The third-order valence-electron chi connectivity index (χ3n) is 3.97. The van der Waals surface area contributed by atoms with Crippen LogP contribution in [-0.2, 0) is 0 Å². The SMILES string of the molecule is CNC(c1ccc2[nH]c(=O)oc2c1)c1c(C)oc(C)c1C. The van der Waals surface area contributed by atoms with E-state index in [-0.39, 0.29) is 6.04 Å². The molecule has 2 heterocycles. The predicted molar refractivity (Wildman–Crippen MR) is 80.7 cm³/mol. The van der Waals surface area contributed by atoms with Crippen molar-refractivity contribution in [3.05, 3.63) is 57.0 Å². The third kappa shape index (κ3) is 2.19. The molecule has 21 heavy (non-hydrogen) atoms. The van der Waals surface area contributed by atoms with Gasteiger partial charge in [-0.15, -0.1) is 0 Å². The van der Waals surface area contributed by atoms with Crippen LogP contribution in [0.1, 0.15) is 34.3 Å². The Morgan fingerprint density at radius 1 is 1.14 bits per heavy atom. The Bertz CT molecular complexity index is 854. The van der Waals surface area contributed by atoms with Crippen LogP contribution in [0.3, 0.4) is 0 Å². The number of benzene rings is 1. The molecule has 5 nitrogen and oxygen atoms in total. The number of hydrogen-bond donors (Lipinski definition) is 2. The van der Waals surface area contributed by atoms with Crippen molar-refractivity contribution in [1.29, 1.82) is 0 Å². The monoisotopic (exact) mass is 286 g/mol. The largest absolute Gasteiger partial charge is 0.466 e. The second-order valence-corrected chi connectivity index (χ2v) is 5.24. The van der Waals surface area contributed by atoms with Gasteiger partial charge in [-0.3, -0.25) is 4.98 Å². The Kier molecular flexibility index (Phi) is 3.22. The van der Waals surface area contributed by atoms with Gasteiger partial charge in [0.1, 0.15) is 11.5 Å². The van der Waals surface area contributed by atoms with E-state index < -0.39 is 5.76 Å². The fourth-order valence-electron chi connectivity index (χ4n) is 2.85. The number of aryl methyl sites for hydroxylation is 2. The minimum Gasteiger partial charge on any atom is -0.466 e. The highest BCUT2D eigenvalue weighted by Gasteiger charge is 2.22. The van der Waals surface area contributed by atoms with Crippen LogP contribution in [0.15, 0.2) is 31.8 Å². The molecule has 0 saturated heterocycles. The van der Waals surface area contributed by atoms with Gasteiger partial charge >= 0.3 is 5.76 Å². The predicted octanol–water partition coefficient (Wildman–Crippen LogP) is 2.95. The molecule has 0 saturated carbocycles. The molecular formula is C16H18N2O3. The Hall–Kier alpha value is -2.27. The normalized spacial score (nSPS) is 13.0. The molecule has 0 aliphatic heterocycles. The Labute approximate surface area is 122 Å². The number of furan rings is 1. The summed E-state index contributed by atoms with van der Waals surface area (Å²) in [5.41, 5.74) is 4.57. The molecule has 0 aliphatic rings. The Balaban J connectivity index is 2.15. The van der Waals surface area contributed by atoms with Crippen LogP contribution in [0.2, 0.25) is 0 Å². The second kappa shape index (κ2) is 4.93. The standard InChI is InChI=1S/C16H18N2O3/c1-8-9(2)20-10(3)14(8)15(17-4)11-5-6-12-13(7-11)21-16(19)18-12/h5-7,15,17H,1-4H3,(H,18,19). The van der Waals surface area contributed by atoms with E-state index >= 15 is 0 Å². The van der Waals surface area contributed by atoms with E-state index in [1.54, 1.807) is 0 Å². The fraction of sp³-hybridized carbons (Fsp3) is 0.312. The highest BCUT2D eigenvalue weighted by molar-refractivity contribution is 5.73. The molecule has 0 radical (unpaired) electrons. The van der Waals surface area contributed by atoms with Crippen molar-refractivity contribution >= 4 is 11.1 Å². The summed E-state index contributed by atoms with van der Waals surface area (Å²) in [6, 6.07) is 5.72. The zero-order chi connectivity index (χ0) is 15.1. The summed E-state index contributed by atoms with van der Waals surface area (Å²) in [4.78, 5) is 13.9. The maximum atomic E-state index is 11.3. The van der Waals surface area contributed by atoms with Gasteiger partial charge in [0.25, 0.3) is 0 Å². The average Bonchev–Trinajstić information content (AvgIpc) is 2.92. The molecule has 3 aromatic rings. The van der Waals surface area contributed by atoms with E-state index in [0.717, 1.165) is 28.2 Å². The van der Waals surface area contributed by atoms with E-state index in [0.29, 0.717) is 11.1 Å². The lowest BCUT2D eigenvalue weighted by atomic mass is 9.95. The average molecular weight is 286 g/mol. The van der Waals surface area contributed by atoms with Gasteiger partial charge in [0, 0.05) is 5.56 Å². The molecule has 0 spiro atoms. The van der Waals surface area contributed by atoms with Crippen LogP contribution < -0.4 is 11.1 Å². The number of aromatic nitrogens is 1. The van der Waals surface area contributed by atoms with Gasteiger partial charge in [0.2, 0.25) is 0 Å². The van der Waals surface area contributed by atoms with E-state index in [9.17, 15) is 4.79 Å². The van der Waals surface area contributed by atoms with Crippen molar-refractivity contribution in [3.63, 3.8) is 0 Å². The van der Waals surface area contributed by atoms with Gasteiger partial charge in [0.05, 0.1) is 11.6 Å². The lowest BCUT2D eigenvalue weighted by Crippen LogP contribution is -2.18. The van der Waals surface area contributed by atoms with Gasteiger partial charge < -0.3 is 14.2 Å². The first-order valence-electron chi connectivity index (χ1n) is 6.87. The zero-order valence-corrected chi connectivity index (χ0v) is 12.5. The van der Waals surface area contributed by atoms with Gasteiger partial charge in [-0.2, -0.15) is 0 Å². The number of nitrogens with one attached hydrogen (secondary N) is 2. The van der Waals surface area contributed by atoms with Crippen molar-refractivity contribution in [2.75, 3.05) is 7.05 Å². The number of rotatable bonds is 3. The molecule has 110 valence electrons. The van der Waals surface area contributed by atoms with Crippen LogP contribution in [0.25, 0.3) is 11.1 Å². The minimum absolute atomic E-state index is 0.00736. The molecule has 1 unspecified atom stereocenters. The van der Waals surface area contributed by atoms with Crippen molar-refractivity contribution in [2.24, 2.45) is 0 Å². The summed E-state index contributed by atoms with van der Waals surface area (Å²) in [6.45, 7) is 5.99. The number of oxazole rings is 1. The molecule has 2 N–H and O–H groups in total. The second-order valence-electron chi connectivity index (χ2n) is 5.24. The highest BCUT2D eigenvalue weighted by atomic mass is 16.4. The first kappa shape index (κ1) is 13.7. The molecule has 0 fully saturated rings.